The summed E-state index contributed by atoms with van der Waals surface area (Å²) in [4.78, 5) is 11.5. The topological polar surface area (TPSA) is 61.5 Å². The molecule has 0 amide bonds. The fourth-order valence-corrected chi connectivity index (χ4v) is 2.21. The first kappa shape index (κ1) is 14.9. The quantitative estimate of drug-likeness (QED) is 0.684. The van der Waals surface area contributed by atoms with Crippen molar-refractivity contribution in [1.82, 2.24) is 0 Å². The zero-order valence-corrected chi connectivity index (χ0v) is 12.7. The molecule has 2 aromatic rings. The van der Waals surface area contributed by atoms with Crippen LogP contribution in [0.3, 0.4) is 0 Å². The Morgan fingerprint density at radius 2 is 1.71 bits per heavy atom. The lowest BCUT2D eigenvalue weighted by molar-refractivity contribution is 0.101. The van der Waals surface area contributed by atoms with Crippen molar-refractivity contribution in [3.8, 4) is 17.2 Å². The Labute approximate surface area is 124 Å². The lowest BCUT2D eigenvalue weighted by Crippen LogP contribution is -1.98. The number of anilines is 1. The van der Waals surface area contributed by atoms with Crippen molar-refractivity contribution in [2.75, 3.05) is 12.8 Å². The maximum absolute atomic E-state index is 11.5. The highest BCUT2D eigenvalue weighted by Gasteiger charge is 2.11. The van der Waals surface area contributed by atoms with Gasteiger partial charge in [0, 0.05) is 11.6 Å². The molecule has 0 aliphatic heterocycles. The highest BCUT2D eigenvalue weighted by Crippen LogP contribution is 2.33. The summed E-state index contributed by atoms with van der Waals surface area (Å²) in [5.74, 6) is 2.03. The molecular formula is C17H19NO3. The highest BCUT2D eigenvalue weighted by atomic mass is 16.5. The molecule has 0 fully saturated rings. The van der Waals surface area contributed by atoms with E-state index >= 15 is 0 Å². The van der Waals surface area contributed by atoms with Gasteiger partial charge in [0.2, 0.25) is 0 Å². The first-order chi connectivity index (χ1) is 9.92. The summed E-state index contributed by atoms with van der Waals surface area (Å²) in [6.07, 6.45) is 0. The number of aryl methyl sites for hydroxylation is 2. The Morgan fingerprint density at radius 3 is 2.19 bits per heavy atom. The number of hydrogen-bond donors (Lipinski definition) is 1. The van der Waals surface area contributed by atoms with E-state index < -0.39 is 0 Å². The van der Waals surface area contributed by atoms with Crippen molar-refractivity contribution in [3.63, 3.8) is 0 Å². The lowest BCUT2D eigenvalue weighted by atomic mass is 10.0. The maximum atomic E-state index is 11.5. The van der Waals surface area contributed by atoms with Crippen LogP contribution in [0.2, 0.25) is 0 Å². The minimum Gasteiger partial charge on any atom is -0.495 e. The Morgan fingerprint density at radius 1 is 1.10 bits per heavy atom. The predicted octanol–water partition coefficient (Wildman–Crippen LogP) is 3.89. The van der Waals surface area contributed by atoms with Crippen LogP contribution in [0, 0.1) is 13.8 Å². The normalized spacial score (nSPS) is 10.3. The van der Waals surface area contributed by atoms with Gasteiger partial charge in [0.05, 0.1) is 12.8 Å². The molecule has 21 heavy (non-hydrogen) atoms. The Hall–Kier alpha value is -2.49. The number of nitrogens with two attached hydrogens (primary N) is 1. The average Bonchev–Trinajstić information content (AvgIpc) is 2.42. The van der Waals surface area contributed by atoms with E-state index in [-0.39, 0.29) is 5.78 Å². The molecule has 4 heteroatoms. The summed E-state index contributed by atoms with van der Waals surface area (Å²) >= 11 is 0. The molecule has 4 nitrogen and oxygen atoms in total. The van der Waals surface area contributed by atoms with Crippen molar-refractivity contribution in [2.24, 2.45) is 0 Å². The van der Waals surface area contributed by atoms with Gasteiger partial charge < -0.3 is 15.2 Å². The Balaban J connectivity index is 2.35. The monoisotopic (exact) mass is 285 g/mol. The van der Waals surface area contributed by atoms with Gasteiger partial charge in [-0.1, -0.05) is 0 Å². The number of ether oxygens (including phenoxy) is 2. The molecule has 0 aliphatic rings. The van der Waals surface area contributed by atoms with Crippen LogP contribution in [0.15, 0.2) is 30.3 Å². The minimum absolute atomic E-state index is 0.0430. The molecule has 0 aliphatic carbocycles. The number of Topliss-reactive ketones (excluding diaryl/α,β-unsaturated/α-hetero) is 1. The second-order valence-electron chi connectivity index (χ2n) is 5.00. The van der Waals surface area contributed by atoms with Gasteiger partial charge in [-0.25, -0.2) is 0 Å². The van der Waals surface area contributed by atoms with Crippen LogP contribution in [0.4, 0.5) is 5.69 Å². The molecule has 0 unspecified atom stereocenters. The third-order valence-corrected chi connectivity index (χ3v) is 3.29. The fourth-order valence-electron chi connectivity index (χ4n) is 2.21. The number of ketones is 1. The molecule has 0 heterocycles. The molecule has 0 spiro atoms. The van der Waals surface area contributed by atoms with Gasteiger partial charge in [-0.05, 0) is 56.2 Å². The second-order valence-corrected chi connectivity index (χ2v) is 5.00. The number of rotatable bonds is 4. The van der Waals surface area contributed by atoms with Gasteiger partial charge in [-0.15, -0.1) is 0 Å². The second kappa shape index (κ2) is 5.87. The zero-order chi connectivity index (χ0) is 15.6. The number of carbonyl (C=O) groups excluding carboxylic acids is 1. The van der Waals surface area contributed by atoms with E-state index in [1.54, 1.807) is 32.2 Å². The van der Waals surface area contributed by atoms with Crippen LogP contribution in [0.25, 0.3) is 0 Å². The maximum Gasteiger partial charge on any atom is 0.159 e. The van der Waals surface area contributed by atoms with Crippen LogP contribution >= 0.6 is 0 Å². The summed E-state index contributed by atoms with van der Waals surface area (Å²) in [6, 6.07) is 8.94. The highest BCUT2D eigenvalue weighted by molar-refractivity contribution is 5.94. The first-order valence-corrected chi connectivity index (χ1v) is 6.66. The zero-order valence-electron chi connectivity index (χ0n) is 12.7. The minimum atomic E-state index is 0.0430. The third-order valence-electron chi connectivity index (χ3n) is 3.29. The van der Waals surface area contributed by atoms with Crippen molar-refractivity contribution >= 4 is 11.5 Å². The molecule has 2 rings (SSSR count). The Bertz CT molecular complexity index is 669. The van der Waals surface area contributed by atoms with Crippen molar-refractivity contribution in [2.45, 2.75) is 20.8 Å². The van der Waals surface area contributed by atoms with E-state index in [2.05, 4.69) is 0 Å². The van der Waals surface area contributed by atoms with Crippen LogP contribution in [0.1, 0.15) is 28.4 Å². The smallest absolute Gasteiger partial charge is 0.159 e. The number of nitrogen functional groups attached to an aromatic ring is 1. The summed E-state index contributed by atoms with van der Waals surface area (Å²) in [5.41, 5.74) is 8.90. The van der Waals surface area contributed by atoms with Crippen molar-refractivity contribution in [3.05, 3.63) is 47.0 Å². The van der Waals surface area contributed by atoms with Gasteiger partial charge in [0.15, 0.2) is 5.78 Å². The van der Waals surface area contributed by atoms with Crippen LogP contribution < -0.4 is 15.2 Å². The molecule has 0 saturated heterocycles. The number of carbonyl (C=O) groups is 1. The van der Waals surface area contributed by atoms with E-state index in [4.69, 9.17) is 15.2 Å². The van der Waals surface area contributed by atoms with Gasteiger partial charge in [0.25, 0.3) is 0 Å². The molecule has 0 bridgehead atoms. The molecule has 0 atom stereocenters. The van der Waals surface area contributed by atoms with Crippen molar-refractivity contribution < 1.29 is 14.3 Å². The van der Waals surface area contributed by atoms with Crippen LogP contribution in [-0.4, -0.2) is 12.9 Å². The van der Waals surface area contributed by atoms with E-state index in [0.717, 1.165) is 16.9 Å². The molecule has 2 N–H and O–H groups in total. The molecule has 0 radical (unpaired) electrons. The number of hydrogen-bond acceptors (Lipinski definition) is 4. The largest absolute Gasteiger partial charge is 0.495 e. The average molecular weight is 285 g/mol. The SMILES string of the molecule is COc1ccc(Oc2c(C)cc(C(C)=O)cc2C)cc1N. The third kappa shape index (κ3) is 3.16. The summed E-state index contributed by atoms with van der Waals surface area (Å²) in [6.45, 7) is 5.39. The lowest BCUT2D eigenvalue weighted by Gasteiger charge is -2.14. The van der Waals surface area contributed by atoms with Gasteiger partial charge in [-0.3, -0.25) is 4.79 Å². The first-order valence-electron chi connectivity index (χ1n) is 6.66. The standard InChI is InChI=1S/C17H19NO3/c1-10-7-13(12(3)19)8-11(2)17(10)21-14-5-6-16(20-4)15(18)9-14/h5-9H,18H2,1-4H3. The Kier molecular flexibility index (Phi) is 4.17. The summed E-state index contributed by atoms with van der Waals surface area (Å²) < 4.78 is 11.0. The van der Waals surface area contributed by atoms with Crippen LogP contribution in [0.5, 0.6) is 17.2 Å². The van der Waals surface area contributed by atoms with E-state index in [9.17, 15) is 4.79 Å². The summed E-state index contributed by atoms with van der Waals surface area (Å²) in [5, 5.41) is 0. The van der Waals surface area contributed by atoms with E-state index in [1.807, 2.05) is 26.0 Å². The molecule has 0 aromatic heterocycles. The fraction of sp³-hybridized carbons (Fsp3) is 0.235. The van der Waals surface area contributed by atoms with Gasteiger partial charge >= 0.3 is 0 Å². The van der Waals surface area contributed by atoms with Crippen molar-refractivity contribution in [1.29, 1.82) is 0 Å². The molecule has 110 valence electrons. The molecule has 0 saturated carbocycles. The number of methoxy groups -OCH3 is 1. The van der Waals surface area contributed by atoms with Gasteiger partial charge in [0.1, 0.15) is 17.2 Å². The number of benzene rings is 2. The molecule has 2 aromatic carbocycles. The molecular weight excluding hydrogens is 266 g/mol. The predicted molar refractivity (Wildman–Crippen MR) is 83.4 cm³/mol. The van der Waals surface area contributed by atoms with E-state index in [1.165, 1.54) is 0 Å². The van der Waals surface area contributed by atoms with E-state index in [0.29, 0.717) is 22.7 Å². The summed E-state index contributed by atoms with van der Waals surface area (Å²) in [7, 11) is 1.57. The van der Waals surface area contributed by atoms with Gasteiger partial charge in [-0.2, -0.15) is 0 Å². The van der Waals surface area contributed by atoms with Crippen LogP contribution in [-0.2, 0) is 0 Å².